The minimum atomic E-state index is -0.371. The largest absolute Gasteiger partial charge is 0.321 e. The third-order valence-corrected chi connectivity index (χ3v) is 6.19. The molecule has 0 radical (unpaired) electrons. The molecule has 4 rings (SSSR count). The number of amides is 2. The van der Waals surface area contributed by atoms with Crippen LogP contribution in [-0.2, 0) is 11.2 Å². The molecule has 0 fully saturated rings. The molecule has 4 aromatic rings. The van der Waals surface area contributed by atoms with E-state index >= 15 is 0 Å². The van der Waals surface area contributed by atoms with Gasteiger partial charge in [0.15, 0.2) is 0 Å². The number of anilines is 2. The Morgan fingerprint density at radius 3 is 2.22 bits per heavy atom. The highest BCUT2D eigenvalue weighted by Gasteiger charge is 2.22. The van der Waals surface area contributed by atoms with Crippen LogP contribution in [-0.4, -0.2) is 11.8 Å². The zero-order chi connectivity index (χ0) is 22.5. The third-order valence-electron chi connectivity index (χ3n) is 4.74. The molecule has 0 aliphatic heterocycles. The minimum absolute atomic E-state index is 0.198. The molecule has 7 heteroatoms. The number of rotatable bonds is 6. The molecular formula is C25H18Cl2N2O2S. The number of thiophene rings is 1. The number of benzene rings is 3. The van der Waals surface area contributed by atoms with E-state index in [0.29, 0.717) is 26.3 Å². The predicted molar refractivity (Wildman–Crippen MR) is 133 cm³/mol. The smallest absolute Gasteiger partial charge is 0.259 e. The molecule has 0 unspecified atom stereocenters. The molecule has 3 aromatic carbocycles. The molecule has 160 valence electrons. The Labute approximate surface area is 199 Å². The second-order valence-corrected chi connectivity index (χ2v) is 8.73. The van der Waals surface area contributed by atoms with Crippen molar-refractivity contribution >= 4 is 57.0 Å². The highest BCUT2D eigenvalue weighted by Crippen LogP contribution is 2.37. The lowest BCUT2D eigenvalue weighted by Crippen LogP contribution is -2.18. The molecule has 0 atom stereocenters. The van der Waals surface area contributed by atoms with Crippen molar-refractivity contribution in [2.24, 2.45) is 0 Å². The summed E-state index contributed by atoms with van der Waals surface area (Å²) in [6.07, 6.45) is 0.212. The Morgan fingerprint density at radius 1 is 0.844 bits per heavy atom. The van der Waals surface area contributed by atoms with Gasteiger partial charge in [-0.2, -0.15) is 0 Å². The molecule has 32 heavy (non-hydrogen) atoms. The maximum Gasteiger partial charge on any atom is 0.259 e. The molecule has 0 saturated heterocycles. The van der Waals surface area contributed by atoms with Crippen molar-refractivity contribution in [1.82, 2.24) is 0 Å². The van der Waals surface area contributed by atoms with Crippen molar-refractivity contribution in [2.75, 3.05) is 10.6 Å². The van der Waals surface area contributed by atoms with Crippen LogP contribution in [0.3, 0.4) is 0 Å². The summed E-state index contributed by atoms with van der Waals surface area (Å²) in [6, 6.07) is 23.9. The monoisotopic (exact) mass is 480 g/mol. The molecule has 0 saturated carbocycles. The topological polar surface area (TPSA) is 58.2 Å². The molecule has 4 nitrogen and oxygen atoms in total. The first-order chi connectivity index (χ1) is 15.5. The van der Waals surface area contributed by atoms with E-state index in [1.165, 1.54) is 11.3 Å². The van der Waals surface area contributed by atoms with Gasteiger partial charge in [0.2, 0.25) is 5.91 Å². The summed E-state index contributed by atoms with van der Waals surface area (Å²) in [5, 5.41) is 8.89. The number of carbonyl (C=O) groups excluding carboxylic acids is 2. The second-order valence-electron chi connectivity index (χ2n) is 7.01. The predicted octanol–water partition coefficient (Wildman–Crippen LogP) is 7.16. The maximum atomic E-state index is 13.3. The molecule has 0 aliphatic carbocycles. The van der Waals surface area contributed by atoms with Crippen molar-refractivity contribution in [3.63, 3.8) is 0 Å². The van der Waals surface area contributed by atoms with Crippen molar-refractivity contribution in [2.45, 2.75) is 6.42 Å². The number of nitrogens with one attached hydrogen (secondary N) is 2. The van der Waals surface area contributed by atoms with Gasteiger partial charge in [0.05, 0.1) is 22.7 Å². The van der Waals surface area contributed by atoms with Crippen LogP contribution in [0.2, 0.25) is 10.0 Å². The fourth-order valence-electron chi connectivity index (χ4n) is 3.23. The lowest BCUT2D eigenvalue weighted by atomic mass is 10.0. The van der Waals surface area contributed by atoms with Crippen LogP contribution in [0.15, 0.2) is 84.2 Å². The first-order valence-corrected chi connectivity index (χ1v) is 11.4. The van der Waals surface area contributed by atoms with E-state index in [1.54, 1.807) is 18.2 Å². The van der Waals surface area contributed by atoms with Gasteiger partial charge < -0.3 is 10.6 Å². The maximum absolute atomic E-state index is 13.3. The van der Waals surface area contributed by atoms with Crippen molar-refractivity contribution in [1.29, 1.82) is 0 Å². The average Bonchev–Trinajstić information content (AvgIpc) is 3.20. The van der Waals surface area contributed by atoms with E-state index in [9.17, 15) is 9.59 Å². The highest BCUT2D eigenvalue weighted by atomic mass is 35.5. The van der Waals surface area contributed by atoms with Crippen LogP contribution in [0.5, 0.6) is 0 Å². The van der Waals surface area contributed by atoms with Crippen LogP contribution in [0.25, 0.3) is 11.1 Å². The van der Waals surface area contributed by atoms with Crippen molar-refractivity contribution < 1.29 is 9.59 Å². The fraction of sp³-hybridized carbons (Fsp3) is 0.0400. The van der Waals surface area contributed by atoms with Crippen LogP contribution in [0.1, 0.15) is 15.9 Å². The summed E-state index contributed by atoms with van der Waals surface area (Å²) in [4.78, 5) is 26.0. The van der Waals surface area contributed by atoms with Gasteiger partial charge in [-0.1, -0.05) is 83.9 Å². The van der Waals surface area contributed by atoms with Crippen LogP contribution >= 0.6 is 34.5 Å². The molecule has 2 amide bonds. The normalized spacial score (nSPS) is 10.6. The van der Waals surface area contributed by atoms with Gasteiger partial charge in [-0.3, -0.25) is 9.59 Å². The number of carbonyl (C=O) groups is 2. The summed E-state index contributed by atoms with van der Waals surface area (Å²) in [7, 11) is 0. The molecule has 1 heterocycles. The molecule has 1 aromatic heterocycles. The molecular weight excluding hydrogens is 463 g/mol. The van der Waals surface area contributed by atoms with Gasteiger partial charge in [0.1, 0.15) is 5.00 Å². The van der Waals surface area contributed by atoms with Gasteiger partial charge in [-0.25, -0.2) is 0 Å². The number of hydrogen-bond acceptors (Lipinski definition) is 3. The lowest BCUT2D eigenvalue weighted by molar-refractivity contribution is -0.115. The summed E-state index contributed by atoms with van der Waals surface area (Å²) < 4.78 is 0. The Kier molecular flexibility index (Phi) is 6.90. The van der Waals surface area contributed by atoms with E-state index in [1.807, 2.05) is 66.0 Å². The first-order valence-electron chi connectivity index (χ1n) is 9.78. The summed E-state index contributed by atoms with van der Waals surface area (Å²) in [6.45, 7) is 0. The molecule has 2 N–H and O–H groups in total. The fourth-order valence-corrected chi connectivity index (χ4v) is 4.67. The SMILES string of the molecule is O=C(Cc1ccccc1)Nc1scc(-c2ccccc2)c1C(=O)Nc1ccc(Cl)cc1Cl. The van der Waals surface area contributed by atoms with Crippen molar-refractivity contribution in [3.05, 3.63) is 105 Å². The molecule has 0 bridgehead atoms. The molecule has 0 spiro atoms. The highest BCUT2D eigenvalue weighted by molar-refractivity contribution is 7.15. The number of halogens is 2. The van der Waals surface area contributed by atoms with Gasteiger partial charge in [0, 0.05) is 16.0 Å². The summed E-state index contributed by atoms with van der Waals surface area (Å²) >= 11 is 13.5. The Hall–Kier alpha value is -3.12. The Balaban J connectivity index is 1.65. The zero-order valence-electron chi connectivity index (χ0n) is 16.8. The van der Waals surface area contributed by atoms with Gasteiger partial charge in [0.25, 0.3) is 5.91 Å². The second kappa shape index (κ2) is 10.0. The van der Waals surface area contributed by atoms with Gasteiger partial charge in [-0.05, 0) is 29.3 Å². The van der Waals surface area contributed by atoms with Crippen LogP contribution in [0, 0.1) is 0 Å². The average molecular weight is 481 g/mol. The van der Waals surface area contributed by atoms with Gasteiger partial charge >= 0.3 is 0 Å². The minimum Gasteiger partial charge on any atom is -0.321 e. The van der Waals surface area contributed by atoms with E-state index in [2.05, 4.69) is 10.6 Å². The van der Waals surface area contributed by atoms with Crippen molar-refractivity contribution in [3.8, 4) is 11.1 Å². The standard InChI is InChI=1S/C25H18Cl2N2O2S/c26-18-11-12-21(20(27)14-18)28-24(31)23-19(17-9-5-2-6-10-17)15-32-25(23)29-22(30)13-16-7-3-1-4-8-16/h1-12,14-15H,13H2,(H,28,31)(H,29,30). The third kappa shape index (κ3) is 5.19. The quantitative estimate of drug-likeness (QED) is 0.307. The van der Waals surface area contributed by atoms with E-state index < -0.39 is 0 Å². The van der Waals surface area contributed by atoms with Crippen LogP contribution in [0.4, 0.5) is 10.7 Å². The number of hydrogen-bond donors (Lipinski definition) is 2. The van der Waals surface area contributed by atoms with E-state index in [4.69, 9.17) is 23.2 Å². The zero-order valence-corrected chi connectivity index (χ0v) is 19.1. The van der Waals surface area contributed by atoms with E-state index in [0.717, 1.165) is 16.7 Å². The first kappa shape index (κ1) is 22.1. The Bertz CT molecular complexity index is 1260. The Morgan fingerprint density at radius 2 is 1.53 bits per heavy atom. The lowest BCUT2D eigenvalue weighted by Gasteiger charge is -2.11. The summed E-state index contributed by atoms with van der Waals surface area (Å²) in [5.41, 5.74) is 3.32. The molecule has 0 aliphatic rings. The van der Waals surface area contributed by atoms with E-state index in [-0.39, 0.29) is 18.2 Å². The summed E-state index contributed by atoms with van der Waals surface area (Å²) in [5.74, 6) is -0.569. The van der Waals surface area contributed by atoms with Gasteiger partial charge in [-0.15, -0.1) is 11.3 Å². The van der Waals surface area contributed by atoms with Crippen LogP contribution < -0.4 is 10.6 Å².